The van der Waals surface area contributed by atoms with Gasteiger partial charge in [0, 0.05) is 16.6 Å². The molecule has 0 saturated carbocycles. The second-order valence-electron chi connectivity index (χ2n) is 3.82. The topological polar surface area (TPSA) is 39.2 Å². The average Bonchev–Trinajstić information content (AvgIpc) is 2.81. The second kappa shape index (κ2) is 6.16. The van der Waals surface area contributed by atoms with Gasteiger partial charge in [0.25, 0.3) is 0 Å². The predicted molar refractivity (Wildman–Crippen MR) is 74.9 cm³/mol. The molecule has 0 aliphatic carbocycles. The van der Waals surface area contributed by atoms with Crippen LogP contribution >= 0.6 is 23.1 Å². The molecule has 19 heavy (non-hydrogen) atoms. The minimum Gasteiger partial charge on any atom is -0.494 e. The Morgan fingerprint density at radius 1 is 1.53 bits per heavy atom. The Morgan fingerprint density at radius 3 is 2.89 bits per heavy atom. The number of carbonyl (C=O) groups excluding carboxylic acids is 1. The monoisotopic (exact) mass is 297 g/mol. The van der Waals surface area contributed by atoms with Crippen molar-refractivity contribution in [2.75, 3.05) is 12.9 Å². The highest BCUT2D eigenvalue weighted by atomic mass is 32.2. The van der Waals surface area contributed by atoms with Crippen molar-refractivity contribution >= 4 is 28.9 Å². The van der Waals surface area contributed by atoms with E-state index >= 15 is 0 Å². The van der Waals surface area contributed by atoms with Gasteiger partial charge in [0.1, 0.15) is 0 Å². The van der Waals surface area contributed by atoms with Gasteiger partial charge in [-0.25, -0.2) is 9.37 Å². The number of methoxy groups -OCH3 is 1. The maximum absolute atomic E-state index is 13.5. The summed E-state index contributed by atoms with van der Waals surface area (Å²) >= 11 is 2.87. The Bertz CT molecular complexity index is 598. The summed E-state index contributed by atoms with van der Waals surface area (Å²) in [5, 5.41) is 1.93. The van der Waals surface area contributed by atoms with E-state index in [1.807, 2.05) is 12.3 Å². The number of halogens is 1. The third-order valence-corrected chi connectivity index (χ3v) is 4.54. The smallest absolute Gasteiger partial charge is 0.173 e. The first kappa shape index (κ1) is 14.0. The van der Waals surface area contributed by atoms with Crippen molar-refractivity contribution in [3.63, 3.8) is 0 Å². The Labute approximate surface area is 118 Å². The average molecular weight is 297 g/mol. The van der Waals surface area contributed by atoms with Crippen molar-refractivity contribution in [1.82, 2.24) is 4.98 Å². The van der Waals surface area contributed by atoms with E-state index in [2.05, 4.69) is 4.98 Å². The molecule has 0 spiro atoms. The molecule has 0 N–H and O–H groups in total. The Morgan fingerprint density at radius 2 is 2.32 bits per heavy atom. The van der Waals surface area contributed by atoms with Gasteiger partial charge in [-0.1, -0.05) is 11.8 Å². The molecule has 0 fully saturated rings. The normalized spacial score (nSPS) is 10.5. The first-order chi connectivity index (χ1) is 9.10. The van der Waals surface area contributed by atoms with E-state index in [4.69, 9.17) is 4.74 Å². The predicted octanol–water partition coefficient (Wildman–Crippen LogP) is 3.57. The number of ether oxygens (including phenoxy) is 1. The summed E-state index contributed by atoms with van der Waals surface area (Å²) in [6.45, 7) is 1.90. The van der Waals surface area contributed by atoms with E-state index in [0.29, 0.717) is 5.56 Å². The summed E-state index contributed by atoms with van der Waals surface area (Å²) in [5.74, 6) is -0.263. The molecule has 0 radical (unpaired) electrons. The fourth-order valence-corrected chi connectivity index (χ4v) is 3.19. The molecule has 0 aliphatic heterocycles. The van der Waals surface area contributed by atoms with E-state index in [0.717, 1.165) is 10.0 Å². The highest BCUT2D eigenvalue weighted by Crippen LogP contribution is 2.24. The SMILES string of the molecule is COc1ccc(C(=O)CSc2nc(C)cs2)cc1F. The Kier molecular flexibility index (Phi) is 4.55. The molecule has 1 heterocycles. The number of thioether (sulfide) groups is 1. The van der Waals surface area contributed by atoms with E-state index < -0.39 is 5.82 Å². The van der Waals surface area contributed by atoms with Gasteiger partial charge in [-0.05, 0) is 25.1 Å². The molecule has 3 nitrogen and oxygen atoms in total. The maximum atomic E-state index is 13.5. The van der Waals surface area contributed by atoms with E-state index in [-0.39, 0.29) is 17.3 Å². The Hall–Kier alpha value is -1.40. The van der Waals surface area contributed by atoms with Gasteiger partial charge in [0.05, 0.1) is 12.9 Å². The van der Waals surface area contributed by atoms with Gasteiger partial charge in [-0.3, -0.25) is 4.79 Å². The molecule has 100 valence electrons. The van der Waals surface area contributed by atoms with Gasteiger partial charge in [0.15, 0.2) is 21.7 Å². The first-order valence-electron chi connectivity index (χ1n) is 5.52. The zero-order valence-electron chi connectivity index (χ0n) is 10.5. The lowest BCUT2D eigenvalue weighted by Gasteiger charge is -2.04. The van der Waals surface area contributed by atoms with Gasteiger partial charge in [-0.2, -0.15) is 0 Å². The number of nitrogens with zero attached hydrogens (tertiary/aromatic N) is 1. The highest BCUT2D eigenvalue weighted by molar-refractivity contribution is 8.01. The zero-order valence-corrected chi connectivity index (χ0v) is 12.1. The zero-order chi connectivity index (χ0) is 13.8. The van der Waals surface area contributed by atoms with Crippen molar-refractivity contribution in [3.8, 4) is 5.75 Å². The molecular weight excluding hydrogens is 285 g/mol. The molecular formula is C13H12FNO2S2. The van der Waals surface area contributed by atoms with Crippen molar-refractivity contribution in [2.24, 2.45) is 0 Å². The number of hydrogen-bond acceptors (Lipinski definition) is 5. The molecule has 0 amide bonds. The van der Waals surface area contributed by atoms with Crippen LogP contribution in [-0.4, -0.2) is 23.6 Å². The number of aromatic nitrogens is 1. The number of benzene rings is 1. The Balaban J connectivity index is 2.01. The van der Waals surface area contributed by atoms with Crippen molar-refractivity contribution < 1.29 is 13.9 Å². The third kappa shape index (κ3) is 3.54. The molecule has 6 heteroatoms. The molecule has 1 aromatic heterocycles. The maximum Gasteiger partial charge on any atom is 0.173 e. The molecule has 0 bridgehead atoms. The minimum atomic E-state index is -0.525. The number of ketones is 1. The van der Waals surface area contributed by atoms with Gasteiger partial charge >= 0.3 is 0 Å². The molecule has 0 aliphatic rings. The number of thiazole rings is 1. The van der Waals surface area contributed by atoms with E-state index in [1.165, 1.54) is 42.3 Å². The lowest BCUT2D eigenvalue weighted by molar-refractivity contribution is 0.102. The van der Waals surface area contributed by atoms with E-state index in [1.54, 1.807) is 6.07 Å². The van der Waals surface area contributed by atoms with Crippen LogP contribution in [0.1, 0.15) is 16.1 Å². The van der Waals surface area contributed by atoms with Crippen LogP contribution in [0.5, 0.6) is 5.75 Å². The standard InChI is InChI=1S/C13H12FNO2S2/c1-8-6-18-13(15-8)19-7-11(16)9-3-4-12(17-2)10(14)5-9/h3-6H,7H2,1-2H3. The van der Waals surface area contributed by atoms with Crippen molar-refractivity contribution in [1.29, 1.82) is 0 Å². The van der Waals surface area contributed by atoms with Gasteiger partial charge < -0.3 is 4.74 Å². The minimum absolute atomic E-state index is 0.126. The van der Waals surface area contributed by atoms with Gasteiger partial charge in [0.2, 0.25) is 0 Å². The number of aryl methyl sites for hydroxylation is 1. The third-order valence-electron chi connectivity index (χ3n) is 2.40. The fraction of sp³-hybridized carbons (Fsp3) is 0.231. The summed E-state index contributed by atoms with van der Waals surface area (Å²) in [6, 6.07) is 4.23. The number of rotatable bonds is 5. The molecule has 0 saturated heterocycles. The molecule has 2 rings (SSSR count). The van der Waals surface area contributed by atoms with Crippen LogP contribution in [0.25, 0.3) is 0 Å². The van der Waals surface area contributed by atoms with Crippen LogP contribution in [0.15, 0.2) is 27.9 Å². The van der Waals surface area contributed by atoms with Crippen LogP contribution in [0.3, 0.4) is 0 Å². The molecule has 0 atom stereocenters. The molecule has 1 aromatic carbocycles. The largest absolute Gasteiger partial charge is 0.494 e. The first-order valence-corrected chi connectivity index (χ1v) is 7.38. The van der Waals surface area contributed by atoms with Gasteiger partial charge in [-0.15, -0.1) is 11.3 Å². The summed E-state index contributed by atoms with van der Waals surface area (Å²) in [5.41, 5.74) is 1.29. The lowest BCUT2D eigenvalue weighted by Crippen LogP contribution is -2.03. The van der Waals surface area contributed by atoms with E-state index in [9.17, 15) is 9.18 Å². The van der Waals surface area contributed by atoms with Crippen LogP contribution in [0.2, 0.25) is 0 Å². The number of Topliss-reactive ketones (excluding diaryl/α,β-unsaturated/α-hetero) is 1. The van der Waals surface area contributed by atoms with Crippen LogP contribution < -0.4 is 4.74 Å². The highest BCUT2D eigenvalue weighted by Gasteiger charge is 2.11. The summed E-state index contributed by atoms with van der Waals surface area (Å²) in [7, 11) is 1.39. The number of carbonyl (C=O) groups is 1. The van der Waals surface area contributed by atoms with Crippen LogP contribution in [0, 0.1) is 12.7 Å². The fourth-order valence-electron chi connectivity index (χ4n) is 1.45. The number of hydrogen-bond donors (Lipinski definition) is 0. The summed E-state index contributed by atoms with van der Waals surface area (Å²) < 4.78 is 19.1. The molecule has 0 unspecified atom stereocenters. The lowest BCUT2D eigenvalue weighted by atomic mass is 10.1. The van der Waals surface area contributed by atoms with Crippen LogP contribution in [-0.2, 0) is 0 Å². The summed E-state index contributed by atoms with van der Waals surface area (Å²) in [6.07, 6.45) is 0. The van der Waals surface area contributed by atoms with Crippen molar-refractivity contribution in [2.45, 2.75) is 11.3 Å². The molecule has 2 aromatic rings. The quantitative estimate of drug-likeness (QED) is 0.625. The van der Waals surface area contributed by atoms with Crippen LogP contribution in [0.4, 0.5) is 4.39 Å². The second-order valence-corrected chi connectivity index (χ2v) is 5.90. The summed E-state index contributed by atoms with van der Waals surface area (Å²) in [4.78, 5) is 16.2. The van der Waals surface area contributed by atoms with Crippen molar-refractivity contribution in [3.05, 3.63) is 40.7 Å².